The Hall–Kier alpha value is -6.25. The first-order valence-corrected chi connectivity index (χ1v) is 20.7. The second-order valence-electron chi connectivity index (χ2n) is 16.2. The van der Waals surface area contributed by atoms with Gasteiger partial charge >= 0.3 is 6.09 Å². The van der Waals surface area contributed by atoms with Crippen molar-refractivity contribution in [2.45, 2.75) is 76.3 Å². The molecule has 2 saturated heterocycles. The van der Waals surface area contributed by atoms with E-state index >= 15 is 0 Å². The third-order valence-corrected chi connectivity index (χ3v) is 12.5. The van der Waals surface area contributed by atoms with Crippen LogP contribution in [0.3, 0.4) is 0 Å². The zero-order chi connectivity index (χ0) is 41.7. The molecule has 3 aliphatic heterocycles. The summed E-state index contributed by atoms with van der Waals surface area (Å²) in [4.78, 5) is 60.6. The number of carbonyl (C=O) groups excluding carboxylic acids is 3. The van der Waals surface area contributed by atoms with Gasteiger partial charge in [-0.3, -0.25) is 9.59 Å². The number of carbonyl (C=O) groups is 3. The average molecular weight is 811 g/mol. The molecule has 1 unspecified atom stereocenters. The molecule has 3 aliphatic rings. The van der Waals surface area contributed by atoms with Crippen molar-refractivity contribution < 1.29 is 28.6 Å². The number of nitrogens with one attached hydrogen (secondary N) is 3. The minimum Gasteiger partial charge on any atom is -0.488 e. The lowest BCUT2D eigenvalue weighted by Gasteiger charge is -2.29. The van der Waals surface area contributed by atoms with E-state index in [1.54, 1.807) is 18.2 Å². The molecule has 14 nitrogen and oxygen atoms in total. The molecule has 0 aliphatic carbocycles. The molecule has 0 spiro atoms. The summed E-state index contributed by atoms with van der Waals surface area (Å²) in [5.41, 5.74) is 13.5. The maximum Gasteiger partial charge on any atom is 0.407 e. The van der Waals surface area contributed by atoms with Crippen LogP contribution in [0.1, 0.15) is 80.4 Å². The van der Waals surface area contributed by atoms with Crippen molar-refractivity contribution in [1.29, 1.82) is 0 Å². The van der Waals surface area contributed by atoms with Crippen LogP contribution in [-0.2, 0) is 25.7 Å². The lowest BCUT2D eigenvalue weighted by atomic mass is 9.92. The van der Waals surface area contributed by atoms with Crippen LogP contribution in [0.4, 0.5) is 4.79 Å². The van der Waals surface area contributed by atoms with Gasteiger partial charge in [0, 0.05) is 36.6 Å². The minimum absolute atomic E-state index is 0.0258. The van der Waals surface area contributed by atoms with Gasteiger partial charge in [0.2, 0.25) is 5.91 Å². The highest BCUT2D eigenvalue weighted by Gasteiger charge is 2.42. The van der Waals surface area contributed by atoms with E-state index in [2.05, 4.69) is 64.7 Å². The Balaban J connectivity index is 0.986. The number of amides is 3. The van der Waals surface area contributed by atoms with E-state index in [1.807, 2.05) is 42.2 Å². The molecule has 310 valence electrons. The minimum atomic E-state index is -0.936. The number of methoxy groups -OCH3 is 2. The van der Waals surface area contributed by atoms with E-state index < -0.39 is 18.2 Å². The zero-order valence-corrected chi connectivity index (χ0v) is 34.2. The molecule has 5 heterocycles. The number of H-pyrrole nitrogens is 2. The summed E-state index contributed by atoms with van der Waals surface area (Å²) in [5.74, 6) is 2.03. The molecule has 6 atom stereocenters. The number of hydrogen-bond acceptors (Lipinski definition) is 9. The van der Waals surface area contributed by atoms with E-state index in [4.69, 9.17) is 29.9 Å². The predicted molar refractivity (Wildman–Crippen MR) is 227 cm³/mol. The van der Waals surface area contributed by atoms with Crippen LogP contribution < -0.4 is 15.8 Å². The van der Waals surface area contributed by atoms with Gasteiger partial charge in [0.15, 0.2) is 0 Å². The van der Waals surface area contributed by atoms with Crippen LogP contribution in [0.25, 0.3) is 44.2 Å². The molecule has 14 heteroatoms. The molecule has 0 saturated carbocycles. The Bertz CT molecular complexity index is 2590. The molecule has 60 heavy (non-hydrogen) atoms. The molecule has 3 amide bonds. The predicted octanol–water partition coefficient (Wildman–Crippen LogP) is 7.09. The molecule has 2 fully saturated rings. The van der Waals surface area contributed by atoms with Gasteiger partial charge in [-0.1, -0.05) is 55.5 Å². The first kappa shape index (κ1) is 39.2. The number of likely N-dealkylation sites (tertiary alicyclic amines) is 2. The highest BCUT2D eigenvalue weighted by Crippen LogP contribution is 2.44. The zero-order valence-electron chi connectivity index (χ0n) is 34.2. The van der Waals surface area contributed by atoms with E-state index in [9.17, 15) is 14.4 Å². The summed E-state index contributed by atoms with van der Waals surface area (Å²) in [5, 5.41) is 4.76. The number of alkyl carbamates (subject to hydrolysis) is 1. The van der Waals surface area contributed by atoms with Crippen molar-refractivity contribution in [3.8, 4) is 28.1 Å². The van der Waals surface area contributed by atoms with Crippen molar-refractivity contribution in [3.05, 3.63) is 102 Å². The van der Waals surface area contributed by atoms with Gasteiger partial charge in [-0.05, 0) is 84.5 Å². The van der Waals surface area contributed by atoms with Crippen molar-refractivity contribution in [1.82, 2.24) is 35.1 Å². The third kappa shape index (κ3) is 7.02. The number of rotatable bonds is 10. The average Bonchev–Trinajstić information content (AvgIpc) is 4.10. The standard InChI is InChI=1S/C46H50N8O6/c1-5-34(47)44(55)54-25(2)11-16-37(54)43-49-35-15-13-28-19-33-31-14-12-29(18-30(31)24-60-39(33)20-32(28)41(35)51-43)36-21-48-42(50-36)38-17-26(23-58-3)22-53(38)45(56)40(52-46(57)59-4)27-9-7-6-8-10-27/h6-10,12-15,18-21,25-26,34,37-38,40H,5,11,16-17,22-24,47H2,1-4H3,(H,48,50)(H,49,51)(H,52,57)/t25-,26-,34-,37?,38-,40+/m0/s1. The maximum atomic E-state index is 14.3. The quantitative estimate of drug-likeness (QED) is 0.112. The molecular formula is C46H50N8O6. The van der Waals surface area contributed by atoms with Crippen LogP contribution in [0.2, 0.25) is 0 Å². The third-order valence-electron chi connectivity index (χ3n) is 12.5. The van der Waals surface area contributed by atoms with Gasteiger partial charge in [0.25, 0.3) is 5.91 Å². The molecule has 4 aromatic carbocycles. The van der Waals surface area contributed by atoms with Crippen LogP contribution in [0, 0.1) is 5.92 Å². The second kappa shape index (κ2) is 16.1. The number of nitrogens with zero attached hydrogens (tertiary/aromatic N) is 4. The topological polar surface area (TPSA) is 181 Å². The van der Waals surface area contributed by atoms with Gasteiger partial charge in [0.1, 0.15) is 30.0 Å². The normalized spacial score (nSPS) is 20.8. The fourth-order valence-electron chi connectivity index (χ4n) is 9.33. The van der Waals surface area contributed by atoms with Crippen LogP contribution >= 0.6 is 0 Å². The van der Waals surface area contributed by atoms with Gasteiger partial charge in [-0.15, -0.1) is 0 Å². The number of ether oxygens (including phenoxy) is 3. The van der Waals surface area contributed by atoms with Gasteiger partial charge in [-0.25, -0.2) is 14.8 Å². The van der Waals surface area contributed by atoms with Crippen LogP contribution in [-0.4, -0.2) is 87.1 Å². The summed E-state index contributed by atoms with van der Waals surface area (Å²) < 4.78 is 16.8. The molecule has 2 aromatic heterocycles. The fraction of sp³-hybridized carbons (Fsp3) is 0.370. The van der Waals surface area contributed by atoms with Crippen molar-refractivity contribution in [3.63, 3.8) is 0 Å². The van der Waals surface area contributed by atoms with E-state index in [0.29, 0.717) is 44.0 Å². The number of aromatic nitrogens is 4. The number of aromatic amines is 2. The van der Waals surface area contributed by atoms with Crippen LogP contribution in [0.5, 0.6) is 5.75 Å². The summed E-state index contributed by atoms with van der Waals surface area (Å²) in [6.07, 6.45) is 4.08. The molecule has 0 bridgehead atoms. The van der Waals surface area contributed by atoms with Crippen molar-refractivity contribution in [2.24, 2.45) is 11.7 Å². The van der Waals surface area contributed by atoms with E-state index in [0.717, 1.165) is 74.2 Å². The monoisotopic (exact) mass is 810 g/mol. The van der Waals surface area contributed by atoms with Crippen LogP contribution in [0.15, 0.2) is 79.0 Å². The first-order valence-electron chi connectivity index (χ1n) is 20.7. The Morgan fingerprint density at radius 1 is 0.967 bits per heavy atom. The highest BCUT2D eigenvalue weighted by atomic mass is 16.5. The number of benzene rings is 4. The Morgan fingerprint density at radius 3 is 2.58 bits per heavy atom. The van der Waals surface area contributed by atoms with E-state index in [1.165, 1.54) is 7.11 Å². The smallest absolute Gasteiger partial charge is 0.407 e. The summed E-state index contributed by atoms with van der Waals surface area (Å²) in [7, 11) is 2.94. The lowest BCUT2D eigenvalue weighted by molar-refractivity contribution is -0.136. The number of nitrogens with two attached hydrogens (primary N) is 1. The molecule has 6 aromatic rings. The number of imidazole rings is 2. The Kier molecular flexibility index (Phi) is 10.5. The summed E-state index contributed by atoms with van der Waals surface area (Å²) in [6.45, 7) is 5.34. The first-order chi connectivity index (χ1) is 29.1. The molecule has 0 radical (unpaired) electrons. The molecule has 9 rings (SSSR count). The molecule has 5 N–H and O–H groups in total. The van der Waals surface area contributed by atoms with E-state index in [-0.39, 0.29) is 35.9 Å². The Labute approximate surface area is 347 Å². The van der Waals surface area contributed by atoms with Gasteiger partial charge < -0.3 is 45.0 Å². The SMILES string of the molecule is CC[C@H](N)C(=O)N1C(c2nc3c(ccc4cc5c(cc43)OCc3cc(-c4cnc([C@@H]6C[C@H](COC)CN6C(=O)[C@H](NC(=O)OC)c6ccccc6)[nH]4)ccc3-5)[nH]2)CC[C@@H]1C. The largest absolute Gasteiger partial charge is 0.488 e. The number of hydrogen-bond donors (Lipinski definition) is 4. The van der Waals surface area contributed by atoms with Gasteiger partial charge in [-0.2, -0.15) is 0 Å². The van der Waals surface area contributed by atoms with Gasteiger partial charge in [0.05, 0.1) is 54.8 Å². The fourth-order valence-corrected chi connectivity index (χ4v) is 9.33. The van der Waals surface area contributed by atoms with Crippen molar-refractivity contribution in [2.75, 3.05) is 27.4 Å². The summed E-state index contributed by atoms with van der Waals surface area (Å²) in [6, 6.07) is 22.0. The number of fused-ring (bicyclic) bond motifs is 6. The second-order valence-corrected chi connectivity index (χ2v) is 16.2. The maximum absolute atomic E-state index is 14.3. The van der Waals surface area contributed by atoms with Crippen molar-refractivity contribution >= 4 is 39.7 Å². The molecular weight excluding hydrogens is 761 g/mol. The Morgan fingerprint density at radius 2 is 1.80 bits per heavy atom. The highest BCUT2D eigenvalue weighted by molar-refractivity contribution is 6.07. The lowest BCUT2D eigenvalue weighted by Crippen LogP contribution is -2.46. The summed E-state index contributed by atoms with van der Waals surface area (Å²) >= 11 is 0.